The second kappa shape index (κ2) is 8.30. The number of nitriles is 1. The topological polar surface area (TPSA) is 99.4 Å². The van der Waals surface area contributed by atoms with Crippen LogP contribution >= 0.6 is 0 Å². The third kappa shape index (κ3) is 4.33. The summed E-state index contributed by atoms with van der Waals surface area (Å²) >= 11 is 0. The lowest BCUT2D eigenvalue weighted by atomic mass is 9.82. The molecule has 0 aliphatic heterocycles. The van der Waals surface area contributed by atoms with Gasteiger partial charge in [-0.05, 0) is 31.6 Å². The minimum absolute atomic E-state index is 0.293. The molecule has 0 saturated heterocycles. The number of nitrogens with zero attached hydrogens (tertiary/aromatic N) is 5. The fourth-order valence-corrected chi connectivity index (χ4v) is 3.81. The Kier molecular flexibility index (Phi) is 5.42. The molecule has 2 N–H and O–H groups in total. The fraction of sp³-hybridized carbons (Fsp3) is 0.550. The Labute approximate surface area is 159 Å². The van der Waals surface area contributed by atoms with Crippen molar-refractivity contribution in [2.75, 3.05) is 17.2 Å². The van der Waals surface area contributed by atoms with Gasteiger partial charge in [-0.1, -0.05) is 25.7 Å². The van der Waals surface area contributed by atoms with Crippen LogP contribution in [0.15, 0.2) is 18.5 Å². The fourth-order valence-electron chi connectivity index (χ4n) is 3.81. The molecule has 27 heavy (non-hydrogen) atoms. The Hall–Kier alpha value is -2.75. The molecular weight excluding hydrogens is 338 g/mol. The number of hydrogen-bond donors (Lipinski definition) is 2. The summed E-state index contributed by atoms with van der Waals surface area (Å²) in [6, 6.07) is 4.00. The van der Waals surface area contributed by atoms with Gasteiger partial charge in [-0.25, -0.2) is 9.97 Å². The zero-order chi connectivity index (χ0) is 18.5. The van der Waals surface area contributed by atoms with Crippen LogP contribution in [0.1, 0.15) is 68.7 Å². The summed E-state index contributed by atoms with van der Waals surface area (Å²) in [7, 11) is 0. The first-order valence-electron chi connectivity index (χ1n) is 9.92. The van der Waals surface area contributed by atoms with Gasteiger partial charge in [-0.15, -0.1) is 5.10 Å². The third-order valence-corrected chi connectivity index (χ3v) is 5.64. The normalized spacial score (nSPS) is 17.7. The van der Waals surface area contributed by atoms with Gasteiger partial charge in [0.15, 0.2) is 11.5 Å². The number of anilines is 3. The largest absolute Gasteiger partial charge is 0.383 e. The van der Waals surface area contributed by atoms with Gasteiger partial charge >= 0.3 is 0 Å². The van der Waals surface area contributed by atoms with Gasteiger partial charge in [0.2, 0.25) is 0 Å². The van der Waals surface area contributed by atoms with Crippen LogP contribution in [-0.2, 0) is 0 Å². The number of nitrogens with one attached hydrogen (secondary N) is 2. The molecule has 0 amide bonds. The summed E-state index contributed by atoms with van der Waals surface area (Å²) in [4.78, 5) is 8.23. The van der Waals surface area contributed by atoms with Crippen LogP contribution < -0.4 is 10.6 Å². The van der Waals surface area contributed by atoms with Crippen LogP contribution in [0.4, 0.5) is 17.3 Å². The molecule has 7 heteroatoms. The van der Waals surface area contributed by atoms with Gasteiger partial charge in [-0.2, -0.15) is 10.4 Å². The molecule has 0 atom stereocenters. The molecule has 7 nitrogen and oxygen atoms in total. The van der Waals surface area contributed by atoms with Crippen LogP contribution in [0.25, 0.3) is 0 Å². The van der Waals surface area contributed by atoms with Gasteiger partial charge in [0.1, 0.15) is 11.9 Å². The highest BCUT2D eigenvalue weighted by Gasteiger charge is 2.25. The average molecular weight is 363 g/mol. The standard InChI is InChI=1S/C20H25N7/c21-10-16-12-24-19(13-22-16)25-18-9-17(20(27-26-18)15-7-4-8-15)23-11-14-5-2-1-3-6-14/h9,12-15H,1-8,11H2,(H2,23,24,25,26). The second-order valence-electron chi connectivity index (χ2n) is 7.56. The minimum atomic E-state index is 0.293. The molecule has 2 fully saturated rings. The number of rotatable bonds is 6. The minimum Gasteiger partial charge on any atom is -0.383 e. The molecule has 0 bridgehead atoms. The molecule has 2 aromatic heterocycles. The SMILES string of the molecule is N#Cc1cnc(Nc2cc(NCC3CCCCC3)c(C3CCC3)nn2)cn1. The molecule has 2 heterocycles. The zero-order valence-corrected chi connectivity index (χ0v) is 15.5. The smallest absolute Gasteiger partial charge is 0.158 e. The summed E-state index contributed by atoms with van der Waals surface area (Å²) in [5.74, 6) is 2.47. The number of aromatic nitrogens is 4. The quantitative estimate of drug-likeness (QED) is 0.795. The van der Waals surface area contributed by atoms with Crippen LogP contribution in [0.2, 0.25) is 0 Å². The first-order valence-corrected chi connectivity index (χ1v) is 9.92. The lowest BCUT2D eigenvalue weighted by molar-refractivity contribution is 0.372. The molecule has 140 valence electrons. The van der Waals surface area contributed by atoms with Crippen LogP contribution in [0.5, 0.6) is 0 Å². The van der Waals surface area contributed by atoms with Crippen molar-refractivity contribution in [3.63, 3.8) is 0 Å². The van der Waals surface area contributed by atoms with Crippen molar-refractivity contribution in [1.29, 1.82) is 5.26 Å². The molecule has 0 unspecified atom stereocenters. The Morgan fingerprint density at radius 2 is 1.81 bits per heavy atom. The molecule has 0 aromatic carbocycles. The maximum atomic E-state index is 8.83. The van der Waals surface area contributed by atoms with E-state index in [2.05, 4.69) is 30.8 Å². The summed E-state index contributed by atoms with van der Waals surface area (Å²) < 4.78 is 0. The van der Waals surface area contributed by atoms with E-state index in [0.29, 0.717) is 23.2 Å². The van der Waals surface area contributed by atoms with Crippen molar-refractivity contribution in [3.05, 3.63) is 29.8 Å². The summed E-state index contributed by atoms with van der Waals surface area (Å²) in [5.41, 5.74) is 2.47. The van der Waals surface area contributed by atoms with Gasteiger partial charge in [0.05, 0.1) is 23.8 Å². The molecule has 2 aromatic rings. The first kappa shape index (κ1) is 17.7. The molecule has 0 radical (unpaired) electrons. The van der Waals surface area contributed by atoms with E-state index < -0.39 is 0 Å². The number of hydrogen-bond acceptors (Lipinski definition) is 7. The Bertz CT molecular complexity index is 802. The van der Waals surface area contributed by atoms with Gasteiger partial charge in [0.25, 0.3) is 0 Å². The lowest BCUT2D eigenvalue weighted by Gasteiger charge is -2.28. The Balaban J connectivity index is 1.49. The van der Waals surface area contributed by atoms with E-state index in [1.165, 1.54) is 63.8 Å². The highest BCUT2D eigenvalue weighted by Crippen LogP contribution is 2.39. The van der Waals surface area contributed by atoms with Crippen molar-refractivity contribution in [2.45, 2.75) is 57.3 Å². The summed E-state index contributed by atoms with van der Waals surface area (Å²) in [5, 5.41) is 24.5. The zero-order valence-electron chi connectivity index (χ0n) is 15.5. The van der Waals surface area contributed by atoms with Crippen molar-refractivity contribution in [3.8, 4) is 6.07 Å². The molecule has 2 aliphatic carbocycles. The molecule has 0 spiro atoms. The van der Waals surface area contributed by atoms with Crippen LogP contribution in [0, 0.1) is 17.2 Å². The van der Waals surface area contributed by atoms with E-state index in [4.69, 9.17) is 5.26 Å². The third-order valence-electron chi connectivity index (χ3n) is 5.64. The van der Waals surface area contributed by atoms with E-state index in [1.54, 1.807) is 0 Å². The highest BCUT2D eigenvalue weighted by atomic mass is 15.2. The van der Waals surface area contributed by atoms with Crippen molar-refractivity contribution in [2.24, 2.45) is 5.92 Å². The van der Waals surface area contributed by atoms with Crippen LogP contribution in [-0.4, -0.2) is 26.7 Å². The van der Waals surface area contributed by atoms with Crippen molar-refractivity contribution >= 4 is 17.3 Å². The van der Waals surface area contributed by atoms with Crippen LogP contribution in [0.3, 0.4) is 0 Å². The van der Waals surface area contributed by atoms with Gasteiger partial charge < -0.3 is 10.6 Å². The predicted molar refractivity (Wildman–Crippen MR) is 104 cm³/mol. The second-order valence-corrected chi connectivity index (χ2v) is 7.56. The average Bonchev–Trinajstić information content (AvgIpc) is 2.68. The molecule has 4 rings (SSSR count). The maximum Gasteiger partial charge on any atom is 0.158 e. The first-order chi connectivity index (χ1) is 13.3. The Morgan fingerprint density at radius 3 is 2.48 bits per heavy atom. The van der Waals surface area contributed by atoms with E-state index in [0.717, 1.165) is 23.8 Å². The molecule has 2 saturated carbocycles. The van der Waals surface area contributed by atoms with Gasteiger partial charge in [-0.3, -0.25) is 0 Å². The van der Waals surface area contributed by atoms with Crippen molar-refractivity contribution < 1.29 is 0 Å². The molecular formula is C20H25N7. The van der Waals surface area contributed by atoms with Gasteiger partial charge in [0, 0.05) is 18.5 Å². The van der Waals surface area contributed by atoms with E-state index in [9.17, 15) is 0 Å². The monoisotopic (exact) mass is 363 g/mol. The summed E-state index contributed by atoms with van der Waals surface area (Å²) in [6.07, 6.45) is 13.3. The summed E-state index contributed by atoms with van der Waals surface area (Å²) in [6.45, 7) is 1.00. The molecule has 2 aliphatic rings. The predicted octanol–water partition coefficient (Wildman–Crippen LogP) is 4.14. The van der Waals surface area contributed by atoms with Crippen molar-refractivity contribution in [1.82, 2.24) is 20.2 Å². The highest BCUT2D eigenvalue weighted by molar-refractivity contribution is 5.60. The maximum absolute atomic E-state index is 8.83. The van der Waals surface area contributed by atoms with E-state index in [-0.39, 0.29) is 0 Å². The van der Waals surface area contributed by atoms with E-state index in [1.807, 2.05) is 12.1 Å². The van der Waals surface area contributed by atoms with E-state index >= 15 is 0 Å². The lowest BCUT2D eigenvalue weighted by Crippen LogP contribution is -2.20. The Morgan fingerprint density at radius 1 is 0.963 bits per heavy atom.